The van der Waals surface area contributed by atoms with E-state index in [0.717, 1.165) is 56.5 Å². The summed E-state index contributed by atoms with van der Waals surface area (Å²) in [6, 6.07) is 5.76. The van der Waals surface area contributed by atoms with Crippen LogP contribution in [0.1, 0.15) is 31.7 Å². The van der Waals surface area contributed by atoms with Crippen molar-refractivity contribution >= 4 is 17.6 Å². The Morgan fingerprint density at radius 3 is 2.74 bits per heavy atom. The van der Waals surface area contributed by atoms with Crippen LogP contribution in [0, 0.1) is 5.92 Å². The number of rotatable bonds is 7. The number of hydrogen-bond donors (Lipinski definition) is 2. The number of benzene rings is 1. The molecule has 2 rings (SSSR count). The Bertz CT molecular complexity index is 642. The molecule has 1 amide bonds. The maximum atomic E-state index is 11.4. The van der Waals surface area contributed by atoms with Gasteiger partial charge in [0.15, 0.2) is 5.96 Å². The molecule has 1 aliphatic rings. The first-order chi connectivity index (χ1) is 13.0. The van der Waals surface area contributed by atoms with Crippen LogP contribution in [0.2, 0.25) is 0 Å². The Balaban J connectivity index is 1.89. The molecule has 0 radical (unpaired) electrons. The molecule has 0 atom stereocenters. The van der Waals surface area contributed by atoms with Crippen molar-refractivity contribution in [3.8, 4) is 5.75 Å². The minimum Gasteiger partial charge on any atom is -0.495 e. The Labute approximate surface area is 162 Å². The second-order valence-corrected chi connectivity index (χ2v) is 6.88. The van der Waals surface area contributed by atoms with E-state index in [1.54, 1.807) is 14.2 Å². The number of nitrogens with one attached hydrogen (secondary N) is 2. The number of anilines is 1. The molecule has 7 heteroatoms. The van der Waals surface area contributed by atoms with Gasteiger partial charge >= 0.3 is 0 Å². The third-order valence-electron chi connectivity index (χ3n) is 4.81. The van der Waals surface area contributed by atoms with Gasteiger partial charge in [-0.1, -0.05) is 6.07 Å². The highest BCUT2D eigenvalue weighted by Gasteiger charge is 2.15. The molecule has 27 heavy (non-hydrogen) atoms. The summed E-state index contributed by atoms with van der Waals surface area (Å²) < 4.78 is 10.7. The Kier molecular flexibility index (Phi) is 8.39. The zero-order valence-electron chi connectivity index (χ0n) is 16.9. The van der Waals surface area contributed by atoms with Crippen LogP contribution in [0.4, 0.5) is 5.69 Å². The van der Waals surface area contributed by atoms with Gasteiger partial charge in [0.2, 0.25) is 5.91 Å². The Hall–Kier alpha value is -2.28. The van der Waals surface area contributed by atoms with Crippen LogP contribution >= 0.6 is 0 Å². The SMILES string of the molecule is CN=C(NCc1ccc(OC)c(NC(C)=O)c1)N(C)CCC1CCOCC1. The minimum absolute atomic E-state index is 0.123. The van der Waals surface area contributed by atoms with Crippen LogP contribution in [0.25, 0.3) is 0 Å². The molecule has 1 saturated heterocycles. The lowest BCUT2D eigenvalue weighted by Gasteiger charge is -2.27. The van der Waals surface area contributed by atoms with Crippen molar-refractivity contribution < 1.29 is 14.3 Å². The number of amides is 1. The lowest BCUT2D eigenvalue weighted by molar-refractivity contribution is -0.114. The Morgan fingerprint density at radius 1 is 1.37 bits per heavy atom. The molecule has 0 aromatic heterocycles. The van der Waals surface area contributed by atoms with E-state index in [2.05, 4.69) is 27.6 Å². The summed E-state index contributed by atoms with van der Waals surface area (Å²) in [5, 5.41) is 6.19. The van der Waals surface area contributed by atoms with E-state index in [0.29, 0.717) is 18.0 Å². The molecule has 0 bridgehead atoms. The first kappa shape index (κ1) is 21.0. The average Bonchev–Trinajstić information content (AvgIpc) is 2.67. The molecule has 150 valence electrons. The number of hydrogen-bond acceptors (Lipinski definition) is 4. The quantitative estimate of drug-likeness (QED) is 0.565. The van der Waals surface area contributed by atoms with Gasteiger partial charge < -0.3 is 25.0 Å². The number of carbonyl (C=O) groups excluding carboxylic acids is 1. The first-order valence-corrected chi connectivity index (χ1v) is 9.47. The maximum Gasteiger partial charge on any atom is 0.221 e. The van der Waals surface area contributed by atoms with Gasteiger partial charge in [0.05, 0.1) is 12.8 Å². The zero-order chi connectivity index (χ0) is 19.6. The monoisotopic (exact) mass is 376 g/mol. The van der Waals surface area contributed by atoms with Crippen LogP contribution in [-0.4, -0.2) is 57.7 Å². The van der Waals surface area contributed by atoms with E-state index in [9.17, 15) is 4.79 Å². The van der Waals surface area contributed by atoms with Crippen LogP contribution in [-0.2, 0) is 16.1 Å². The third-order valence-corrected chi connectivity index (χ3v) is 4.81. The summed E-state index contributed by atoms with van der Waals surface area (Å²) >= 11 is 0. The van der Waals surface area contributed by atoms with Gasteiger partial charge in [0.25, 0.3) is 0 Å². The molecule has 2 N–H and O–H groups in total. The fourth-order valence-electron chi connectivity index (χ4n) is 3.24. The summed E-state index contributed by atoms with van der Waals surface area (Å²) in [4.78, 5) is 17.9. The average molecular weight is 377 g/mol. The van der Waals surface area contributed by atoms with Crippen LogP contribution in [0.15, 0.2) is 23.2 Å². The highest BCUT2D eigenvalue weighted by atomic mass is 16.5. The first-order valence-electron chi connectivity index (χ1n) is 9.47. The highest BCUT2D eigenvalue weighted by Crippen LogP contribution is 2.25. The fraction of sp³-hybridized carbons (Fsp3) is 0.600. The standard InChI is InChI=1S/C20H32N4O3/c1-15(25)23-18-13-17(5-6-19(18)26-4)14-22-20(21-2)24(3)10-7-16-8-11-27-12-9-16/h5-6,13,16H,7-12,14H2,1-4H3,(H,21,22)(H,23,25). The number of methoxy groups -OCH3 is 1. The smallest absolute Gasteiger partial charge is 0.221 e. The van der Waals surface area contributed by atoms with Crippen LogP contribution < -0.4 is 15.4 Å². The van der Waals surface area contributed by atoms with Crippen molar-refractivity contribution in [1.82, 2.24) is 10.2 Å². The summed E-state index contributed by atoms with van der Waals surface area (Å²) in [7, 11) is 5.45. The van der Waals surface area contributed by atoms with E-state index < -0.39 is 0 Å². The maximum absolute atomic E-state index is 11.4. The van der Waals surface area contributed by atoms with Crippen molar-refractivity contribution in [2.75, 3.05) is 46.3 Å². The fourth-order valence-corrected chi connectivity index (χ4v) is 3.24. The molecule has 1 aromatic carbocycles. The second-order valence-electron chi connectivity index (χ2n) is 6.88. The third kappa shape index (κ3) is 6.75. The predicted octanol–water partition coefficient (Wildman–Crippen LogP) is 2.48. The van der Waals surface area contributed by atoms with Crippen molar-refractivity contribution in [2.45, 2.75) is 32.7 Å². The number of aliphatic imine (C=N–C) groups is 1. The number of guanidine groups is 1. The van der Waals surface area contributed by atoms with Gasteiger partial charge in [-0.05, 0) is 42.9 Å². The molecular weight excluding hydrogens is 344 g/mol. The lowest BCUT2D eigenvalue weighted by Crippen LogP contribution is -2.39. The summed E-state index contributed by atoms with van der Waals surface area (Å²) in [5.74, 6) is 2.12. The zero-order valence-corrected chi connectivity index (χ0v) is 16.9. The van der Waals surface area contributed by atoms with Gasteiger partial charge in [0, 0.05) is 47.3 Å². The molecule has 1 heterocycles. The van der Waals surface area contributed by atoms with Gasteiger partial charge in [-0.3, -0.25) is 9.79 Å². The largest absolute Gasteiger partial charge is 0.495 e. The number of carbonyl (C=O) groups is 1. The molecule has 0 spiro atoms. The van der Waals surface area contributed by atoms with E-state index in [-0.39, 0.29) is 5.91 Å². The van der Waals surface area contributed by atoms with Gasteiger partial charge in [-0.15, -0.1) is 0 Å². The predicted molar refractivity (Wildman–Crippen MR) is 108 cm³/mol. The van der Waals surface area contributed by atoms with Crippen LogP contribution in [0.3, 0.4) is 0 Å². The molecule has 7 nitrogen and oxygen atoms in total. The summed E-state index contributed by atoms with van der Waals surface area (Å²) in [6.45, 7) is 4.83. The molecular formula is C20H32N4O3. The topological polar surface area (TPSA) is 75.2 Å². The van der Waals surface area contributed by atoms with Crippen molar-refractivity contribution in [2.24, 2.45) is 10.9 Å². The number of ether oxygens (including phenoxy) is 2. The summed E-state index contributed by atoms with van der Waals surface area (Å²) in [6.07, 6.45) is 3.45. The Morgan fingerprint density at radius 2 is 2.11 bits per heavy atom. The molecule has 1 aliphatic heterocycles. The van der Waals surface area contributed by atoms with Gasteiger partial charge in [-0.2, -0.15) is 0 Å². The van der Waals surface area contributed by atoms with Gasteiger partial charge in [-0.25, -0.2) is 0 Å². The van der Waals surface area contributed by atoms with Crippen LogP contribution in [0.5, 0.6) is 5.75 Å². The molecule has 0 unspecified atom stereocenters. The van der Waals surface area contributed by atoms with E-state index >= 15 is 0 Å². The lowest BCUT2D eigenvalue weighted by atomic mass is 9.96. The molecule has 0 saturated carbocycles. The van der Waals surface area contributed by atoms with E-state index in [4.69, 9.17) is 9.47 Å². The molecule has 1 aromatic rings. The van der Waals surface area contributed by atoms with Crippen molar-refractivity contribution in [1.29, 1.82) is 0 Å². The summed E-state index contributed by atoms with van der Waals surface area (Å²) in [5.41, 5.74) is 1.71. The second kappa shape index (κ2) is 10.8. The molecule has 1 fully saturated rings. The van der Waals surface area contributed by atoms with E-state index in [1.165, 1.54) is 6.92 Å². The number of nitrogens with zero attached hydrogens (tertiary/aromatic N) is 2. The highest BCUT2D eigenvalue weighted by molar-refractivity contribution is 5.90. The minimum atomic E-state index is -0.123. The van der Waals surface area contributed by atoms with Crippen molar-refractivity contribution in [3.63, 3.8) is 0 Å². The van der Waals surface area contributed by atoms with E-state index in [1.807, 2.05) is 18.2 Å². The van der Waals surface area contributed by atoms with Gasteiger partial charge in [0.1, 0.15) is 5.75 Å². The molecule has 0 aliphatic carbocycles. The van der Waals surface area contributed by atoms with Crippen molar-refractivity contribution in [3.05, 3.63) is 23.8 Å². The normalized spacial score (nSPS) is 15.3.